The number of phenols is 1. The van der Waals surface area contributed by atoms with Gasteiger partial charge in [0.2, 0.25) is 0 Å². The smallest absolute Gasteiger partial charge is 0.277 e. The molecule has 0 aliphatic carbocycles. The molecule has 1 amide bonds. The molecule has 9 nitrogen and oxygen atoms in total. The van der Waals surface area contributed by atoms with Gasteiger partial charge in [0.05, 0.1) is 24.3 Å². The van der Waals surface area contributed by atoms with Crippen molar-refractivity contribution in [3.63, 3.8) is 0 Å². The molecule has 2 aromatic rings. The van der Waals surface area contributed by atoms with Gasteiger partial charge >= 0.3 is 0 Å². The molecule has 27 heavy (non-hydrogen) atoms. The maximum atomic E-state index is 11.8. The van der Waals surface area contributed by atoms with Crippen molar-refractivity contribution in [1.82, 2.24) is 5.43 Å². The molecule has 0 atom stereocenters. The summed E-state index contributed by atoms with van der Waals surface area (Å²) in [4.78, 5) is 22.1. The number of rotatable bonds is 7. The van der Waals surface area contributed by atoms with Crippen molar-refractivity contribution < 1.29 is 24.3 Å². The number of nitrogens with zero attached hydrogens (tertiary/aromatic N) is 2. The topological polar surface area (TPSA) is 123 Å². The van der Waals surface area contributed by atoms with Crippen molar-refractivity contribution in [3.8, 4) is 17.2 Å². The summed E-state index contributed by atoms with van der Waals surface area (Å²) in [6.07, 6.45) is 1.08. The number of hydrogen-bond acceptors (Lipinski definition) is 7. The van der Waals surface area contributed by atoms with Gasteiger partial charge in [-0.2, -0.15) is 5.10 Å². The number of phenolic OH excluding ortho intramolecular Hbond substituents is 1. The highest BCUT2D eigenvalue weighted by Gasteiger charge is 2.15. The molecule has 0 radical (unpaired) electrons. The second-order valence-electron chi connectivity index (χ2n) is 5.62. The first-order valence-corrected chi connectivity index (χ1v) is 7.89. The highest BCUT2D eigenvalue weighted by molar-refractivity contribution is 5.87. The van der Waals surface area contributed by atoms with Crippen LogP contribution in [0.3, 0.4) is 0 Å². The molecule has 0 saturated carbocycles. The highest BCUT2D eigenvalue weighted by Crippen LogP contribution is 2.33. The number of aromatic hydroxyl groups is 1. The van der Waals surface area contributed by atoms with E-state index in [0.717, 1.165) is 29.5 Å². The van der Waals surface area contributed by atoms with Gasteiger partial charge in [-0.15, -0.1) is 0 Å². The number of nitro benzene ring substituents is 1. The van der Waals surface area contributed by atoms with Crippen LogP contribution >= 0.6 is 0 Å². The summed E-state index contributed by atoms with van der Waals surface area (Å²) in [5.74, 6) is -0.331. The van der Waals surface area contributed by atoms with Crippen LogP contribution in [0.4, 0.5) is 5.69 Å². The zero-order valence-corrected chi connectivity index (χ0v) is 15.1. The average molecular weight is 373 g/mol. The number of nitro groups is 1. The van der Waals surface area contributed by atoms with Gasteiger partial charge in [-0.3, -0.25) is 14.9 Å². The monoisotopic (exact) mass is 373 g/mol. The van der Waals surface area contributed by atoms with E-state index in [-0.39, 0.29) is 29.4 Å². The van der Waals surface area contributed by atoms with Gasteiger partial charge in [0.25, 0.3) is 11.6 Å². The number of amides is 1. The standard InChI is InChI=1S/C18H19N3O6/c1-11-5-4-6-15(12(11)2)27-10-17(22)20-19-9-13-7-14(21(24)25)8-16(26-3)18(13)23/h4-9,23H,10H2,1-3H3,(H,20,22)/b19-9-. The Hall–Kier alpha value is -3.62. The van der Waals surface area contributed by atoms with E-state index in [0.29, 0.717) is 5.75 Å². The second-order valence-corrected chi connectivity index (χ2v) is 5.62. The molecule has 2 N–H and O–H groups in total. The number of ether oxygens (including phenoxy) is 2. The second kappa shape index (κ2) is 8.65. The van der Waals surface area contributed by atoms with E-state index in [1.807, 2.05) is 26.0 Å². The minimum absolute atomic E-state index is 0.0248. The molecule has 0 aromatic heterocycles. The Morgan fingerprint density at radius 3 is 2.74 bits per heavy atom. The van der Waals surface area contributed by atoms with E-state index in [1.54, 1.807) is 6.07 Å². The van der Waals surface area contributed by atoms with Gasteiger partial charge in [-0.25, -0.2) is 5.43 Å². The van der Waals surface area contributed by atoms with E-state index in [1.165, 1.54) is 7.11 Å². The summed E-state index contributed by atoms with van der Waals surface area (Å²) < 4.78 is 10.3. The Bertz CT molecular complexity index is 895. The number of hydrazone groups is 1. The Morgan fingerprint density at radius 1 is 1.33 bits per heavy atom. The predicted octanol–water partition coefficient (Wildman–Crippen LogP) is 2.45. The molecule has 9 heteroatoms. The molecule has 0 fully saturated rings. The van der Waals surface area contributed by atoms with Gasteiger partial charge in [0.1, 0.15) is 5.75 Å². The first kappa shape index (κ1) is 19.7. The van der Waals surface area contributed by atoms with Crippen molar-refractivity contribution in [1.29, 1.82) is 0 Å². The van der Waals surface area contributed by atoms with Gasteiger partial charge in [-0.05, 0) is 31.0 Å². The fraction of sp³-hybridized carbons (Fsp3) is 0.222. The lowest BCUT2D eigenvalue weighted by Gasteiger charge is -2.09. The number of carbonyl (C=O) groups excluding carboxylic acids is 1. The Balaban J connectivity index is 2.02. The van der Waals surface area contributed by atoms with Gasteiger partial charge in [-0.1, -0.05) is 12.1 Å². The molecule has 2 rings (SSSR count). The third-order valence-electron chi connectivity index (χ3n) is 3.83. The number of non-ortho nitro benzene ring substituents is 1. The molecule has 0 bridgehead atoms. The van der Waals surface area contributed by atoms with E-state index >= 15 is 0 Å². The molecule has 0 spiro atoms. The van der Waals surface area contributed by atoms with Crippen molar-refractivity contribution in [2.75, 3.05) is 13.7 Å². The molecule has 0 aliphatic rings. The molecular weight excluding hydrogens is 354 g/mol. The van der Waals surface area contributed by atoms with Gasteiger partial charge in [0.15, 0.2) is 18.1 Å². The summed E-state index contributed by atoms with van der Waals surface area (Å²) in [5.41, 5.74) is 3.95. The van der Waals surface area contributed by atoms with Crippen molar-refractivity contribution in [2.45, 2.75) is 13.8 Å². The molecule has 2 aromatic carbocycles. The minimum atomic E-state index is -0.629. The normalized spacial score (nSPS) is 10.6. The Labute approximate surface area is 155 Å². The van der Waals surface area contributed by atoms with Crippen LogP contribution in [-0.2, 0) is 4.79 Å². The fourth-order valence-electron chi connectivity index (χ4n) is 2.20. The van der Waals surface area contributed by atoms with Crippen LogP contribution in [0.15, 0.2) is 35.4 Å². The van der Waals surface area contributed by atoms with Crippen LogP contribution < -0.4 is 14.9 Å². The molecule has 142 valence electrons. The Kier molecular flexibility index (Phi) is 6.32. The fourth-order valence-corrected chi connectivity index (χ4v) is 2.20. The van der Waals surface area contributed by atoms with Gasteiger partial charge in [0, 0.05) is 11.6 Å². The highest BCUT2D eigenvalue weighted by atomic mass is 16.6. The number of methoxy groups -OCH3 is 1. The Morgan fingerprint density at radius 2 is 2.07 bits per heavy atom. The minimum Gasteiger partial charge on any atom is -0.504 e. The lowest BCUT2D eigenvalue weighted by molar-refractivity contribution is -0.385. The van der Waals surface area contributed by atoms with E-state index in [9.17, 15) is 20.0 Å². The summed E-state index contributed by atoms with van der Waals surface area (Å²) in [6.45, 7) is 3.57. The third-order valence-corrected chi connectivity index (χ3v) is 3.83. The average Bonchev–Trinajstić information content (AvgIpc) is 2.64. The van der Waals surface area contributed by atoms with E-state index in [4.69, 9.17) is 9.47 Å². The third kappa shape index (κ3) is 4.94. The first-order valence-electron chi connectivity index (χ1n) is 7.89. The van der Waals surface area contributed by atoms with Crippen molar-refractivity contribution in [3.05, 3.63) is 57.1 Å². The van der Waals surface area contributed by atoms with E-state index < -0.39 is 10.8 Å². The zero-order chi connectivity index (χ0) is 20.0. The van der Waals surface area contributed by atoms with Crippen LogP contribution in [0.5, 0.6) is 17.2 Å². The molecular formula is C18H19N3O6. The number of carbonyl (C=O) groups is 1. The lowest BCUT2D eigenvalue weighted by atomic mass is 10.1. The molecule has 0 aliphatic heterocycles. The molecule has 0 unspecified atom stereocenters. The number of aryl methyl sites for hydroxylation is 1. The number of nitrogens with one attached hydrogen (secondary N) is 1. The van der Waals surface area contributed by atoms with Crippen LogP contribution in [0, 0.1) is 24.0 Å². The zero-order valence-electron chi connectivity index (χ0n) is 15.1. The van der Waals surface area contributed by atoms with Crippen LogP contribution in [0.25, 0.3) is 0 Å². The quantitative estimate of drug-likeness (QED) is 0.436. The maximum absolute atomic E-state index is 11.8. The largest absolute Gasteiger partial charge is 0.504 e. The summed E-state index contributed by atoms with van der Waals surface area (Å²) in [5, 5.41) is 24.6. The van der Waals surface area contributed by atoms with Crippen LogP contribution in [0.1, 0.15) is 16.7 Å². The first-order chi connectivity index (χ1) is 12.8. The van der Waals surface area contributed by atoms with Crippen molar-refractivity contribution in [2.24, 2.45) is 5.10 Å². The van der Waals surface area contributed by atoms with Crippen molar-refractivity contribution >= 4 is 17.8 Å². The summed E-state index contributed by atoms with van der Waals surface area (Å²) in [6, 6.07) is 7.72. The molecule has 0 saturated heterocycles. The van der Waals surface area contributed by atoms with E-state index in [2.05, 4.69) is 10.5 Å². The predicted molar refractivity (Wildman–Crippen MR) is 98.5 cm³/mol. The van der Waals surface area contributed by atoms with Crippen LogP contribution in [0.2, 0.25) is 0 Å². The molecule has 0 heterocycles. The number of hydrogen-bond donors (Lipinski definition) is 2. The number of benzene rings is 2. The maximum Gasteiger partial charge on any atom is 0.277 e. The SMILES string of the molecule is COc1cc([N+](=O)[O-])cc(/C=N\NC(=O)COc2cccc(C)c2C)c1O. The summed E-state index contributed by atoms with van der Waals surface area (Å²) >= 11 is 0. The summed E-state index contributed by atoms with van der Waals surface area (Å²) in [7, 11) is 1.27. The van der Waals surface area contributed by atoms with Crippen LogP contribution in [-0.4, -0.2) is 35.9 Å². The van der Waals surface area contributed by atoms with Gasteiger partial charge < -0.3 is 14.6 Å². The lowest BCUT2D eigenvalue weighted by Crippen LogP contribution is -2.24.